The first-order chi connectivity index (χ1) is 14.2. The van der Waals surface area contributed by atoms with Gasteiger partial charge in [0.1, 0.15) is 5.82 Å². The monoisotopic (exact) mass is 423 g/mol. The van der Waals surface area contributed by atoms with Crippen LogP contribution < -0.4 is 15.4 Å². The zero-order valence-corrected chi connectivity index (χ0v) is 17.5. The predicted molar refractivity (Wildman–Crippen MR) is 117 cm³/mol. The Bertz CT molecular complexity index is 1350. The molecule has 2 heterocycles. The molecule has 9 nitrogen and oxygen atoms in total. The molecule has 0 spiro atoms. The van der Waals surface area contributed by atoms with Crippen LogP contribution in [0.3, 0.4) is 0 Å². The number of anilines is 4. The van der Waals surface area contributed by atoms with Gasteiger partial charge >= 0.3 is 0 Å². The Balaban J connectivity index is 1.62. The summed E-state index contributed by atoms with van der Waals surface area (Å²) in [6.07, 6.45) is 1.63. The zero-order chi connectivity index (χ0) is 21.5. The van der Waals surface area contributed by atoms with Crippen molar-refractivity contribution in [2.75, 3.05) is 17.3 Å². The number of aromatic nitrogens is 4. The summed E-state index contributed by atoms with van der Waals surface area (Å²) in [6, 6.07) is 12.7. The van der Waals surface area contributed by atoms with Crippen molar-refractivity contribution < 1.29 is 8.42 Å². The number of nitrogens with zero attached hydrogens (tertiary/aromatic N) is 4. The maximum atomic E-state index is 11.8. The van der Waals surface area contributed by atoms with Gasteiger partial charge in [-0.05, 0) is 55.8 Å². The largest absolute Gasteiger partial charge is 0.329 e. The lowest BCUT2D eigenvalue weighted by atomic mass is 10.2. The minimum Gasteiger partial charge on any atom is -0.329 e. The molecule has 0 amide bonds. The van der Waals surface area contributed by atoms with E-state index in [9.17, 15) is 8.42 Å². The average Bonchev–Trinajstić information content (AvgIpc) is 3.08. The zero-order valence-electron chi connectivity index (χ0n) is 16.7. The standard InChI is InChI=1S/C20H21N7O2S/c1-12-4-5-14(10-18(12)30(21,28)29)23-20-22-9-8-19(24-20)27(3)15-6-7-16-13(2)25-26-17(16)11-15/h4-11H,1-3H3,(H,25,26)(H2,21,28,29)(H,22,23,24). The number of rotatable bonds is 5. The number of aryl methyl sites for hydroxylation is 2. The number of sulfonamides is 1. The Morgan fingerprint density at radius 1 is 1.10 bits per heavy atom. The summed E-state index contributed by atoms with van der Waals surface area (Å²) in [5.74, 6) is 0.998. The number of H-pyrrole nitrogens is 1. The number of fused-ring (bicyclic) bond motifs is 1. The molecule has 4 N–H and O–H groups in total. The summed E-state index contributed by atoms with van der Waals surface area (Å²) < 4.78 is 23.5. The topological polar surface area (TPSA) is 130 Å². The van der Waals surface area contributed by atoms with Gasteiger partial charge in [-0.15, -0.1) is 0 Å². The summed E-state index contributed by atoms with van der Waals surface area (Å²) in [4.78, 5) is 10.7. The molecule has 0 atom stereocenters. The van der Waals surface area contributed by atoms with E-state index in [0.29, 0.717) is 23.0 Å². The van der Waals surface area contributed by atoms with Crippen LogP contribution in [-0.4, -0.2) is 35.6 Å². The smallest absolute Gasteiger partial charge is 0.238 e. The molecule has 0 saturated heterocycles. The molecule has 2 aromatic heterocycles. The number of aromatic amines is 1. The molecular formula is C20H21N7O2S. The first-order valence-electron chi connectivity index (χ1n) is 9.14. The van der Waals surface area contributed by atoms with E-state index in [1.165, 1.54) is 6.07 Å². The maximum Gasteiger partial charge on any atom is 0.238 e. The third-order valence-corrected chi connectivity index (χ3v) is 5.90. The first kappa shape index (κ1) is 19.8. The number of primary sulfonamides is 1. The van der Waals surface area contributed by atoms with E-state index in [1.54, 1.807) is 31.3 Å². The fraction of sp³-hybridized carbons (Fsp3) is 0.150. The Labute approximate surface area is 174 Å². The van der Waals surface area contributed by atoms with Crippen molar-refractivity contribution >= 4 is 44.1 Å². The van der Waals surface area contributed by atoms with Crippen LogP contribution in [-0.2, 0) is 10.0 Å². The van der Waals surface area contributed by atoms with Crippen LogP contribution in [0.15, 0.2) is 53.6 Å². The Kier molecular flexibility index (Phi) is 4.88. The molecular weight excluding hydrogens is 402 g/mol. The summed E-state index contributed by atoms with van der Waals surface area (Å²) >= 11 is 0. The molecule has 0 unspecified atom stereocenters. The summed E-state index contributed by atoms with van der Waals surface area (Å²) in [6.45, 7) is 3.67. The molecule has 10 heteroatoms. The third-order valence-electron chi connectivity index (χ3n) is 4.85. The number of hydrogen-bond donors (Lipinski definition) is 3. The van der Waals surface area contributed by atoms with Crippen molar-refractivity contribution in [3.05, 3.63) is 59.9 Å². The Hall–Kier alpha value is -3.50. The van der Waals surface area contributed by atoms with Crippen molar-refractivity contribution in [1.82, 2.24) is 20.2 Å². The number of hydrogen-bond acceptors (Lipinski definition) is 7. The van der Waals surface area contributed by atoms with Gasteiger partial charge in [-0.2, -0.15) is 10.1 Å². The second-order valence-electron chi connectivity index (χ2n) is 7.00. The van der Waals surface area contributed by atoms with E-state index in [1.807, 2.05) is 37.1 Å². The van der Waals surface area contributed by atoms with E-state index in [0.717, 1.165) is 22.3 Å². The Morgan fingerprint density at radius 3 is 2.67 bits per heavy atom. The number of nitrogens with two attached hydrogens (primary N) is 1. The van der Waals surface area contributed by atoms with Crippen LogP contribution in [0, 0.1) is 13.8 Å². The molecule has 0 fully saturated rings. The minimum atomic E-state index is -3.82. The number of nitrogens with one attached hydrogen (secondary N) is 2. The second kappa shape index (κ2) is 7.39. The minimum absolute atomic E-state index is 0.0587. The quantitative estimate of drug-likeness (QED) is 0.449. The molecule has 0 bridgehead atoms. The SMILES string of the molecule is Cc1ccc(Nc2nccc(N(C)c3ccc4c(C)[nH]nc4c3)n2)cc1S(N)(=O)=O. The van der Waals surface area contributed by atoms with Crippen molar-refractivity contribution in [2.45, 2.75) is 18.7 Å². The van der Waals surface area contributed by atoms with Crippen LogP contribution in [0.4, 0.5) is 23.1 Å². The average molecular weight is 424 g/mol. The maximum absolute atomic E-state index is 11.8. The van der Waals surface area contributed by atoms with Crippen LogP contribution >= 0.6 is 0 Å². The van der Waals surface area contributed by atoms with Crippen LogP contribution in [0.25, 0.3) is 10.9 Å². The first-order valence-corrected chi connectivity index (χ1v) is 10.7. The fourth-order valence-corrected chi connectivity index (χ4v) is 3.99. The molecule has 2 aromatic carbocycles. The molecule has 154 valence electrons. The third kappa shape index (κ3) is 3.82. The van der Waals surface area contributed by atoms with Crippen LogP contribution in [0.1, 0.15) is 11.3 Å². The van der Waals surface area contributed by atoms with Gasteiger partial charge in [0, 0.05) is 35.7 Å². The Morgan fingerprint density at radius 2 is 1.90 bits per heavy atom. The molecule has 30 heavy (non-hydrogen) atoms. The van der Waals surface area contributed by atoms with Crippen molar-refractivity contribution in [1.29, 1.82) is 0 Å². The highest BCUT2D eigenvalue weighted by Crippen LogP contribution is 2.27. The molecule has 0 aliphatic rings. The predicted octanol–water partition coefficient (Wildman–Crippen LogP) is 3.13. The van der Waals surface area contributed by atoms with E-state index < -0.39 is 10.0 Å². The second-order valence-corrected chi connectivity index (χ2v) is 8.53. The lowest BCUT2D eigenvalue weighted by molar-refractivity contribution is 0.597. The van der Waals surface area contributed by atoms with Gasteiger partial charge in [-0.1, -0.05) is 6.07 Å². The van der Waals surface area contributed by atoms with Crippen LogP contribution in [0.2, 0.25) is 0 Å². The van der Waals surface area contributed by atoms with Crippen LogP contribution in [0.5, 0.6) is 0 Å². The molecule has 0 radical (unpaired) electrons. The highest BCUT2D eigenvalue weighted by Gasteiger charge is 2.14. The van der Waals surface area contributed by atoms with E-state index in [-0.39, 0.29) is 4.90 Å². The van der Waals surface area contributed by atoms with Gasteiger partial charge in [0.2, 0.25) is 16.0 Å². The van der Waals surface area contributed by atoms with E-state index >= 15 is 0 Å². The molecule has 0 saturated carbocycles. The van der Waals surface area contributed by atoms with Crippen molar-refractivity contribution in [3.63, 3.8) is 0 Å². The lowest BCUT2D eigenvalue weighted by Gasteiger charge is -2.19. The van der Waals surface area contributed by atoms with Gasteiger partial charge in [0.15, 0.2) is 0 Å². The molecule has 0 aliphatic heterocycles. The van der Waals surface area contributed by atoms with Crippen molar-refractivity contribution in [2.24, 2.45) is 5.14 Å². The van der Waals surface area contributed by atoms with E-state index in [2.05, 4.69) is 25.5 Å². The molecule has 4 aromatic rings. The summed E-state index contributed by atoms with van der Waals surface area (Å²) in [7, 11) is -1.92. The van der Waals surface area contributed by atoms with Gasteiger partial charge < -0.3 is 10.2 Å². The van der Waals surface area contributed by atoms with E-state index in [4.69, 9.17) is 5.14 Å². The lowest BCUT2D eigenvalue weighted by Crippen LogP contribution is -2.14. The molecule has 0 aliphatic carbocycles. The molecule has 4 rings (SSSR count). The summed E-state index contributed by atoms with van der Waals surface area (Å²) in [5, 5.41) is 16.7. The van der Waals surface area contributed by atoms with Gasteiger partial charge in [-0.25, -0.2) is 18.5 Å². The van der Waals surface area contributed by atoms with Gasteiger partial charge in [-0.3, -0.25) is 5.10 Å². The highest BCUT2D eigenvalue weighted by molar-refractivity contribution is 7.89. The van der Waals surface area contributed by atoms with Gasteiger partial charge in [0.25, 0.3) is 0 Å². The highest BCUT2D eigenvalue weighted by atomic mass is 32.2. The normalized spacial score (nSPS) is 11.6. The van der Waals surface area contributed by atoms with Crippen molar-refractivity contribution in [3.8, 4) is 0 Å². The summed E-state index contributed by atoms with van der Waals surface area (Å²) in [5.41, 5.74) is 3.91. The van der Waals surface area contributed by atoms with Gasteiger partial charge in [0.05, 0.1) is 10.4 Å². The fourth-order valence-electron chi connectivity index (χ4n) is 3.18. The number of benzene rings is 2.